The number of fused-ring (bicyclic) bond motifs is 1. The summed E-state index contributed by atoms with van der Waals surface area (Å²) in [5, 5.41) is 0. The van der Waals surface area contributed by atoms with Crippen LogP contribution >= 0.6 is 0 Å². The molecule has 0 aliphatic heterocycles. The number of imidazole rings is 1. The topological polar surface area (TPSA) is 38.1 Å². The number of halogens is 1. The summed E-state index contributed by atoms with van der Waals surface area (Å²) in [5.41, 5.74) is 2.63. The fourth-order valence-corrected chi connectivity index (χ4v) is 2.83. The number of carbonyl (C=O) groups excluding carboxylic acids is 1. The number of nitrogens with zero attached hydrogens (tertiary/aromatic N) is 3. The number of aromatic nitrogens is 2. The monoisotopic (exact) mass is 325 g/mol. The first-order chi connectivity index (χ1) is 11.6. The van der Waals surface area contributed by atoms with Crippen LogP contribution in [0.3, 0.4) is 0 Å². The summed E-state index contributed by atoms with van der Waals surface area (Å²) in [5.74, 6) is 0.572. The Kier molecular flexibility index (Phi) is 4.60. The van der Waals surface area contributed by atoms with E-state index in [1.54, 1.807) is 18.0 Å². The molecule has 0 fully saturated rings. The van der Waals surface area contributed by atoms with Gasteiger partial charge in [-0.3, -0.25) is 4.79 Å². The van der Waals surface area contributed by atoms with E-state index in [1.165, 1.54) is 12.1 Å². The Morgan fingerprint density at radius 2 is 2.00 bits per heavy atom. The molecule has 0 saturated carbocycles. The first-order valence-corrected chi connectivity index (χ1v) is 8.01. The average Bonchev–Trinajstić information content (AvgIpc) is 2.92. The summed E-state index contributed by atoms with van der Waals surface area (Å²) in [7, 11) is 1.73. The largest absolute Gasteiger partial charge is 0.340 e. The molecule has 0 saturated heterocycles. The van der Waals surface area contributed by atoms with Gasteiger partial charge < -0.3 is 9.47 Å². The van der Waals surface area contributed by atoms with E-state index >= 15 is 0 Å². The van der Waals surface area contributed by atoms with Crippen molar-refractivity contribution < 1.29 is 9.18 Å². The van der Waals surface area contributed by atoms with Crippen LogP contribution in [0.2, 0.25) is 0 Å². The Hall–Kier alpha value is -2.69. The molecular formula is C19H20FN3O. The van der Waals surface area contributed by atoms with Gasteiger partial charge in [-0.15, -0.1) is 0 Å². The molecule has 3 rings (SSSR count). The molecular weight excluding hydrogens is 305 g/mol. The second kappa shape index (κ2) is 6.83. The first kappa shape index (κ1) is 16.2. The van der Waals surface area contributed by atoms with E-state index in [2.05, 4.69) is 4.98 Å². The Bertz CT molecular complexity index is 872. The van der Waals surface area contributed by atoms with E-state index in [-0.39, 0.29) is 18.3 Å². The van der Waals surface area contributed by atoms with E-state index in [0.29, 0.717) is 6.54 Å². The molecule has 24 heavy (non-hydrogen) atoms. The van der Waals surface area contributed by atoms with Gasteiger partial charge in [-0.2, -0.15) is 0 Å². The van der Waals surface area contributed by atoms with E-state index in [4.69, 9.17) is 0 Å². The maximum absolute atomic E-state index is 13.3. The van der Waals surface area contributed by atoms with Crippen LogP contribution in [0.1, 0.15) is 18.3 Å². The number of hydrogen-bond donors (Lipinski definition) is 0. The average molecular weight is 325 g/mol. The SMILES string of the molecule is CCc1nc2ccccc2n1CC(=O)N(C)Cc1cccc(F)c1. The molecule has 0 aliphatic carbocycles. The molecule has 0 spiro atoms. The lowest BCUT2D eigenvalue weighted by Crippen LogP contribution is -2.30. The highest BCUT2D eigenvalue weighted by Crippen LogP contribution is 2.17. The van der Waals surface area contributed by atoms with Crippen molar-refractivity contribution >= 4 is 16.9 Å². The summed E-state index contributed by atoms with van der Waals surface area (Å²) in [6.07, 6.45) is 0.759. The van der Waals surface area contributed by atoms with Crippen molar-refractivity contribution in [2.45, 2.75) is 26.4 Å². The molecule has 2 aromatic carbocycles. The quantitative estimate of drug-likeness (QED) is 0.721. The van der Waals surface area contributed by atoms with Gasteiger partial charge in [0.2, 0.25) is 5.91 Å². The number of carbonyl (C=O) groups is 1. The number of benzene rings is 2. The molecule has 124 valence electrons. The van der Waals surface area contributed by atoms with Gasteiger partial charge >= 0.3 is 0 Å². The summed E-state index contributed by atoms with van der Waals surface area (Å²) < 4.78 is 15.2. The predicted molar refractivity (Wildman–Crippen MR) is 92.0 cm³/mol. The van der Waals surface area contributed by atoms with Gasteiger partial charge in [0.05, 0.1) is 11.0 Å². The zero-order chi connectivity index (χ0) is 17.1. The van der Waals surface area contributed by atoms with E-state index < -0.39 is 0 Å². The normalized spacial score (nSPS) is 11.0. The Morgan fingerprint density at radius 3 is 2.75 bits per heavy atom. The van der Waals surface area contributed by atoms with Crippen molar-refractivity contribution in [3.63, 3.8) is 0 Å². The van der Waals surface area contributed by atoms with E-state index in [1.807, 2.05) is 41.8 Å². The number of hydrogen-bond acceptors (Lipinski definition) is 2. The fourth-order valence-electron chi connectivity index (χ4n) is 2.83. The first-order valence-electron chi connectivity index (χ1n) is 8.01. The van der Waals surface area contributed by atoms with Gasteiger partial charge in [0, 0.05) is 20.0 Å². The molecule has 1 heterocycles. The van der Waals surface area contributed by atoms with Crippen molar-refractivity contribution in [1.82, 2.24) is 14.5 Å². The Labute approximate surface area is 140 Å². The summed E-state index contributed by atoms with van der Waals surface area (Å²) in [6, 6.07) is 14.1. The number of para-hydroxylation sites is 2. The van der Waals surface area contributed by atoms with Crippen LogP contribution in [-0.4, -0.2) is 27.4 Å². The van der Waals surface area contributed by atoms with Crippen LogP contribution in [0.25, 0.3) is 11.0 Å². The van der Waals surface area contributed by atoms with Crippen LogP contribution in [-0.2, 0) is 24.3 Å². The molecule has 0 N–H and O–H groups in total. The van der Waals surface area contributed by atoms with Gasteiger partial charge in [0.25, 0.3) is 0 Å². The molecule has 0 atom stereocenters. The van der Waals surface area contributed by atoms with Gasteiger partial charge in [-0.05, 0) is 29.8 Å². The summed E-state index contributed by atoms with van der Waals surface area (Å²) in [4.78, 5) is 18.8. The number of likely N-dealkylation sites (N-methyl/N-ethyl adjacent to an activating group) is 1. The van der Waals surface area contributed by atoms with Crippen LogP contribution in [0.15, 0.2) is 48.5 Å². The molecule has 0 unspecified atom stereocenters. The third-order valence-electron chi connectivity index (χ3n) is 4.08. The van der Waals surface area contributed by atoms with Gasteiger partial charge in [-0.1, -0.05) is 31.2 Å². The van der Waals surface area contributed by atoms with Gasteiger partial charge in [0.15, 0.2) is 0 Å². The van der Waals surface area contributed by atoms with Gasteiger partial charge in [0.1, 0.15) is 18.2 Å². The van der Waals surface area contributed by atoms with Gasteiger partial charge in [-0.25, -0.2) is 9.37 Å². The summed E-state index contributed by atoms with van der Waals surface area (Å²) >= 11 is 0. The second-order valence-corrected chi connectivity index (χ2v) is 5.84. The zero-order valence-corrected chi connectivity index (χ0v) is 13.9. The van der Waals surface area contributed by atoms with Crippen LogP contribution in [0.5, 0.6) is 0 Å². The standard InChI is InChI=1S/C19H20FN3O/c1-3-18-21-16-9-4-5-10-17(16)23(18)13-19(24)22(2)12-14-7-6-8-15(20)11-14/h4-11H,3,12-13H2,1-2H3. The smallest absolute Gasteiger partial charge is 0.242 e. The molecule has 4 nitrogen and oxygen atoms in total. The molecule has 1 amide bonds. The van der Waals surface area contributed by atoms with E-state index in [0.717, 1.165) is 28.8 Å². The molecule has 3 aromatic rings. The number of aryl methyl sites for hydroxylation is 1. The molecule has 0 radical (unpaired) electrons. The van der Waals surface area contributed by atoms with Crippen molar-refractivity contribution in [3.8, 4) is 0 Å². The number of amides is 1. The highest BCUT2D eigenvalue weighted by atomic mass is 19.1. The van der Waals surface area contributed by atoms with Crippen LogP contribution in [0.4, 0.5) is 4.39 Å². The summed E-state index contributed by atoms with van der Waals surface area (Å²) in [6.45, 7) is 2.64. The molecule has 0 aliphatic rings. The molecule has 1 aromatic heterocycles. The minimum absolute atomic E-state index is 0.0304. The third kappa shape index (κ3) is 3.30. The predicted octanol–water partition coefficient (Wildman–Crippen LogP) is 3.40. The third-order valence-corrected chi connectivity index (χ3v) is 4.08. The maximum Gasteiger partial charge on any atom is 0.242 e. The Balaban J connectivity index is 1.79. The maximum atomic E-state index is 13.3. The Morgan fingerprint density at radius 1 is 1.21 bits per heavy atom. The highest BCUT2D eigenvalue weighted by molar-refractivity contribution is 5.81. The highest BCUT2D eigenvalue weighted by Gasteiger charge is 2.15. The lowest BCUT2D eigenvalue weighted by molar-refractivity contribution is -0.131. The van der Waals surface area contributed by atoms with Crippen LogP contribution < -0.4 is 0 Å². The lowest BCUT2D eigenvalue weighted by atomic mass is 10.2. The lowest BCUT2D eigenvalue weighted by Gasteiger charge is -2.18. The van der Waals surface area contributed by atoms with Crippen molar-refractivity contribution in [1.29, 1.82) is 0 Å². The zero-order valence-electron chi connectivity index (χ0n) is 13.9. The molecule has 0 bridgehead atoms. The fraction of sp³-hybridized carbons (Fsp3) is 0.263. The molecule has 5 heteroatoms. The van der Waals surface area contributed by atoms with Crippen molar-refractivity contribution in [2.75, 3.05) is 7.05 Å². The van der Waals surface area contributed by atoms with E-state index in [9.17, 15) is 9.18 Å². The number of rotatable bonds is 5. The minimum Gasteiger partial charge on any atom is -0.340 e. The van der Waals surface area contributed by atoms with Crippen LogP contribution in [0, 0.1) is 5.82 Å². The van der Waals surface area contributed by atoms with Crippen molar-refractivity contribution in [3.05, 3.63) is 65.7 Å². The second-order valence-electron chi connectivity index (χ2n) is 5.84. The minimum atomic E-state index is -0.290. The van der Waals surface area contributed by atoms with Crippen molar-refractivity contribution in [2.24, 2.45) is 0 Å².